The fraction of sp³-hybridized carbons (Fsp3) is 0.440. The number of halogens is 4. The number of phenols is 1. The number of nitrogens with one attached hydrogen (secondary N) is 1. The minimum Gasteiger partial charge on any atom is -0.507 e. The number of alkyl halides is 3. The van der Waals surface area contributed by atoms with Gasteiger partial charge in [-0.1, -0.05) is 29.4 Å². The zero-order valence-electron chi connectivity index (χ0n) is 20.2. The average molecular weight is 558 g/mol. The second-order valence-corrected chi connectivity index (χ2v) is 10.3. The number of ether oxygens (including phenoxy) is 2. The number of aromatic hydroxyl groups is 1. The van der Waals surface area contributed by atoms with Gasteiger partial charge in [-0.25, -0.2) is 4.98 Å². The van der Waals surface area contributed by atoms with Gasteiger partial charge in [-0.05, 0) is 50.2 Å². The predicted octanol–water partition coefficient (Wildman–Crippen LogP) is 6.08. The van der Waals surface area contributed by atoms with Crippen LogP contribution in [0, 0.1) is 0 Å². The van der Waals surface area contributed by atoms with Crippen LogP contribution in [-0.2, 0) is 28.8 Å². The van der Waals surface area contributed by atoms with Crippen LogP contribution in [0.1, 0.15) is 46.3 Å². The van der Waals surface area contributed by atoms with Crippen molar-refractivity contribution in [1.82, 2.24) is 9.88 Å². The van der Waals surface area contributed by atoms with Crippen molar-refractivity contribution in [2.45, 2.75) is 38.6 Å². The molecule has 0 atom stereocenters. The lowest BCUT2D eigenvalue weighted by Gasteiger charge is -2.27. The van der Waals surface area contributed by atoms with E-state index in [0.717, 1.165) is 49.4 Å². The van der Waals surface area contributed by atoms with Crippen LogP contribution in [0.4, 0.5) is 18.3 Å². The normalized spacial score (nSPS) is 14.8. The highest BCUT2D eigenvalue weighted by molar-refractivity contribution is 7.22. The molecule has 4 rings (SSSR count). The van der Waals surface area contributed by atoms with Crippen LogP contribution in [-0.4, -0.2) is 54.3 Å². The number of hydrogen-bond acceptors (Lipinski definition) is 7. The molecule has 3 aromatic rings. The fourth-order valence-corrected chi connectivity index (χ4v) is 5.41. The number of anilines is 1. The zero-order valence-corrected chi connectivity index (χ0v) is 21.7. The summed E-state index contributed by atoms with van der Waals surface area (Å²) in [7, 11) is 1.50. The highest BCUT2D eigenvalue weighted by Gasteiger charge is 2.32. The number of methoxy groups -OCH3 is 1. The van der Waals surface area contributed by atoms with E-state index in [-0.39, 0.29) is 39.9 Å². The summed E-state index contributed by atoms with van der Waals surface area (Å²) in [5.41, 5.74) is 0.215. The second-order valence-electron chi connectivity index (χ2n) is 8.80. The summed E-state index contributed by atoms with van der Waals surface area (Å²) in [5, 5.41) is 13.8. The van der Waals surface area contributed by atoms with E-state index < -0.39 is 17.6 Å². The molecule has 1 aliphatic heterocycles. The van der Waals surface area contributed by atoms with E-state index >= 15 is 0 Å². The number of carbonyl (C=O) groups excluding carboxylic acids is 1. The van der Waals surface area contributed by atoms with E-state index in [2.05, 4.69) is 15.2 Å². The lowest BCUT2D eigenvalue weighted by Crippen LogP contribution is -2.29. The Hall–Kier alpha value is -2.44. The van der Waals surface area contributed by atoms with Crippen molar-refractivity contribution < 1.29 is 32.5 Å². The molecule has 0 spiro atoms. The Morgan fingerprint density at radius 3 is 2.62 bits per heavy atom. The number of piperidine rings is 1. The number of aromatic nitrogens is 1. The van der Waals surface area contributed by atoms with Gasteiger partial charge in [0, 0.05) is 29.8 Å². The number of thiazole rings is 1. The van der Waals surface area contributed by atoms with E-state index in [0.29, 0.717) is 29.3 Å². The smallest absolute Gasteiger partial charge is 0.416 e. The molecule has 1 amide bonds. The minimum absolute atomic E-state index is 0.0298. The largest absolute Gasteiger partial charge is 0.507 e. The van der Waals surface area contributed by atoms with Crippen molar-refractivity contribution in [3.05, 3.63) is 51.5 Å². The van der Waals surface area contributed by atoms with Crippen LogP contribution in [0.3, 0.4) is 0 Å². The lowest BCUT2D eigenvalue weighted by molar-refractivity contribution is -0.137. The highest BCUT2D eigenvalue weighted by atomic mass is 35.5. The molecule has 1 fully saturated rings. The molecule has 0 radical (unpaired) electrons. The first-order valence-electron chi connectivity index (χ1n) is 11.8. The molecule has 37 heavy (non-hydrogen) atoms. The number of nitrogens with zero attached hydrogens (tertiary/aromatic N) is 2. The molecular formula is C25H27ClF3N3O4S. The second kappa shape index (κ2) is 12.0. The Kier molecular flexibility index (Phi) is 8.91. The van der Waals surface area contributed by atoms with E-state index in [9.17, 15) is 23.1 Å². The summed E-state index contributed by atoms with van der Waals surface area (Å²) in [6.45, 7) is 2.66. The number of carbonyl (C=O) groups is 1. The molecule has 1 saturated heterocycles. The molecule has 0 saturated carbocycles. The maximum absolute atomic E-state index is 13.5. The van der Waals surface area contributed by atoms with Crippen molar-refractivity contribution in [1.29, 1.82) is 0 Å². The van der Waals surface area contributed by atoms with Gasteiger partial charge in [0.05, 0.1) is 41.2 Å². The molecule has 2 N–H and O–H groups in total. The van der Waals surface area contributed by atoms with Crippen molar-refractivity contribution in [3.8, 4) is 5.75 Å². The van der Waals surface area contributed by atoms with Crippen molar-refractivity contribution in [2.24, 2.45) is 0 Å². The van der Waals surface area contributed by atoms with Gasteiger partial charge in [-0.15, -0.1) is 0 Å². The molecule has 1 aromatic heterocycles. The third-order valence-corrected chi connectivity index (χ3v) is 7.19. The van der Waals surface area contributed by atoms with Crippen LogP contribution < -0.4 is 5.32 Å². The quantitative estimate of drug-likeness (QED) is 0.310. The van der Waals surface area contributed by atoms with Gasteiger partial charge in [0.1, 0.15) is 5.75 Å². The van der Waals surface area contributed by atoms with Gasteiger partial charge in [0.15, 0.2) is 5.13 Å². The van der Waals surface area contributed by atoms with E-state index in [4.69, 9.17) is 21.1 Å². The Balaban J connectivity index is 1.59. The molecule has 0 aliphatic carbocycles. The average Bonchev–Trinajstić information content (AvgIpc) is 3.26. The van der Waals surface area contributed by atoms with Crippen LogP contribution in [0.2, 0.25) is 5.02 Å². The van der Waals surface area contributed by atoms with Crippen LogP contribution in [0.25, 0.3) is 10.2 Å². The molecule has 7 nitrogen and oxygen atoms in total. The Morgan fingerprint density at radius 1 is 1.16 bits per heavy atom. The van der Waals surface area contributed by atoms with E-state index in [1.165, 1.54) is 19.6 Å². The summed E-state index contributed by atoms with van der Waals surface area (Å²) in [6, 6.07) is 4.98. The summed E-state index contributed by atoms with van der Waals surface area (Å²) >= 11 is 7.16. The number of likely N-dealkylation sites (tertiary alicyclic amines) is 1. The third-order valence-electron chi connectivity index (χ3n) is 6.05. The zero-order chi connectivity index (χ0) is 26.6. The maximum Gasteiger partial charge on any atom is 0.416 e. The monoisotopic (exact) mass is 557 g/mol. The fourth-order valence-electron chi connectivity index (χ4n) is 4.22. The number of hydrogen-bond donors (Lipinski definition) is 2. The molecule has 2 heterocycles. The van der Waals surface area contributed by atoms with Gasteiger partial charge in [0.25, 0.3) is 5.91 Å². The first kappa shape index (κ1) is 27.6. The van der Waals surface area contributed by atoms with Gasteiger partial charge < -0.3 is 14.6 Å². The Morgan fingerprint density at radius 2 is 1.92 bits per heavy atom. The first-order chi connectivity index (χ1) is 17.7. The van der Waals surface area contributed by atoms with Crippen LogP contribution in [0.5, 0.6) is 5.75 Å². The summed E-state index contributed by atoms with van der Waals surface area (Å²) in [5.74, 6) is -0.840. The topological polar surface area (TPSA) is 83.9 Å². The lowest BCUT2D eigenvalue weighted by atomic mass is 10.1. The van der Waals surface area contributed by atoms with Gasteiger partial charge in [-0.2, -0.15) is 13.2 Å². The molecule has 0 unspecified atom stereocenters. The standard InChI is InChI=1S/C25H27ClF3N3O4S/c1-35-7-8-36-14-16-9-17(25(27,28)29)11-20-21(16)30-24(37-20)31-23(34)19-12-18(26)10-15(22(19)33)13-32-5-3-2-4-6-32/h9-12,33H,2-8,13-14H2,1H3,(H,30,31,34). The number of rotatable bonds is 9. The number of benzene rings is 2. The molecule has 200 valence electrons. The van der Waals surface area contributed by atoms with Crippen LogP contribution in [0.15, 0.2) is 24.3 Å². The van der Waals surface area contributed by atoms with Crippen molar-refractivity contribution in [3.63, 3.8) is 0 Å². The SMILES string of the molecule is COCCOCc1cc(C(F)(F)F)cc2sc(NC(=O)c3cc(Cl)cc(CN4CCCCC4)c3O)nc12. The molecule has 1 aliphatic rings. The Labute approximate surface area is 221 Å². The van der Waals surface area contributed by atoms with Gasteiger partial charge in [-0.3, -0.25) is 15.0 Å². The molecule has 12 heteroatoms. The van der Waals surface area contributed by atoms with Gasteiger partial charge in [0.2, 0.25) is 0 Å². The number of amides is 1. The molecule has 2 aromatic carbocycles. The maximum atomic E-state index is 13.5. The van der Waals surface area contributed by atoms with Crippen molar-refractivity contribution >= 4 is 44.2 Å². The van der Waals surface area contributed by atoms with Gasteiger partial charge >= 0.3 is 6.18 Å². The molecular weight excluding hydrogens is 531 g/mol. The Bertz CT molecular complexity index is 1260. The molecule has 0 bridgehead atoms. The minimum atomic E-state index is -4.56. The van der Waals surface area contributed by atoms with E-state index in [1.54, 1.807) is 6.07 Å². The number of phenolic OH excluding ortho intramolecular Hbond substituents is 1. The summed E-state index contributed by atoms with van der Waals surface area (Å²) in [6.07, 6.45) is -1.25. The first-order valence-corrected chi connectivity index (χ1v) is 13.0. The van der Waals surface area contributed by atoms with Crippen molar-refractivity contribution in [2.75, 3.05) is 38.7 Å². The summed E-state index contributed by atoms with van der Waals surface area (Å²) < 4.78 is 51.0. The van der Waals surface area contributed by atoms with E-state index in [1.807, 2.05) is 0 Å². The summed E-state index contributed by atoms with van der Waals surface area (Å²) in [4.78, 5) is 19.6. The van der Waals surface area contributed by atoms with Crippen LogP contribution >= 0.6 is 22.9 Å². The third kappa shape index (κ3) is 6.91. The highest BCUT2D eigenvalue weighted by Crippen LogP contribution is 2.37. The number of fused-ring (bicyclic) bond motifs is 1. The predicted molar refractivity (Wildman–Crippen MR) is 136 cm³/mol.